The van der Waals surface area contributed by atoms with Crippen molar-refractivity contribution in [2.45, 2.75) is 58.9 Å². The van der Waals surface area contributed by atoms with Crippen LogP contribution in [0, 0.1) is 0 Å². The highest BCUT2D eigenvalue weighted by Gasteiger charge is 2.20. The number of rotatable bonds is 7. The Morgan fingerprint density at radius 2 is 1.81 bits per heavy atom. The number of aromatic nitrogens is 2. The average Bonchev–Trinajstić information content (AvgIpc) is 2.74. The van der Waals surface area contributed by atoms with E-state index in [0.717, 1.165) is 24.8 Å². The number of hydrogen-bond acceptors (Lipinski definition) is 4. The van der Waals surface area contributed by atoms with E-state index >= 15 is 0 Å². The summed E-state index contributed by atoms with van der Waals surface area (Å²) in [7, 11) is 1.57. The lowest BCUT2D eigenvalue weighted by atomic mass is 9.87. The second-order valence-electron chi connectivity index (χ2n) is 8.75. The summed E-state index contributed by atoms with van der Waals surface area (Å²) in [5.74, 6) is 0.201. The van der Waals surface area contributed by atoms with Crippen LogP contribution < -0.4 is 15.6 Å². The summed E-state index contributed by atoms with van der Waals surface area (Å²) in [6, 6.07) is 12.9. The summed E-state index contributed by atoms with van der Waals surface area (Å²) in [5, 5.41) is 8.44. The molecule has 0 atom stereocenters. The van der Waals surface area contributed by atoms with Gasteiger partial charge in [-0.05, 0) is 35.6 Å². The average molecular weight is 422 g/mol. The Balaban J connectivity index is 2.05. The number of methoxy groups -OCH3 is 1. The number of ether oxygens (including phenoxy) is 1. The van der Waals surface area contributed by atoms with Gasteiger partial charge in [0, 0.05) is 11.9 Å². The van der Waals surface area contributed by atoms with Gasteiger partial charge in [-0.1, -0.05) is 64.8 Å². The molecule has 1 heterocycles. The molecule has 3 rings (SSSR count). The van der Waals surface area contributed by atoms with Crippen LogP contribution in [0.1, 0.15) is 63.0 Å². The van der Waals surface area contributed by atoms with E-state index in [0.29, 0.717) is 28.8 Å². The normalized spacial score (nSPS) is 11.5. The molecule has 6 nitrogen and oxygen atoms in total. The Hall–Kier alpha value is -3.15. The molecule has 1 aromatic heterocycles. The third kappa shape index (κ3) is 4.95. The van der Waals surface area contributed by atoms with Gasteiger partial charge in [0.05, 0.1) is 18.2 Å². The zero-order chi connectivity index (χ0) is 22.6. The molecule has 164 valence electrons. The van der Waals surface area contributed by atoms with Crippen LogP contribution in [-0.4, -0.2) is 22.8 Å². The van der Waals surface area contributed by atoms with E-state index in [1.54, 1.807) is 25.3 Å². The molecule has 0 saturated carbocycles. The summed E-state index contributed by atoms with van der Waals surface area (Å²) in [6.07, 6.45) is 2.88. The maximum absolute atomic E-state index is 13.3. The van der Waals surface area contributed by atoms with Gasteiger partial charge in [-0.15, -0.1) is 0 Å². The largest absolute Gasteiger partial charge is 0.495 e. The Morgan fingerprint density at radius 3 is 2.45 bits per heavy atom. The summed E-state index contributed by atoms with van der Waals surface area (Å²) in [6.45, 7) is 8.93. The molecule has 0 fully saturated rings. The highest BCUT2D eigenvalue weighted by molar-refractivity contribution is 6.11. The molecule has 1 amide bonds. The van der Waals surface area contributed by atoms with Crippen LogP contribution in [0.3, 0.4) is 0 Å². The quantitative estimate of drug-likeness (QED) is 0.536. The van der Waals surface area contributed by atoms with Crippen LogP contribution in [-0.2, 0) is 12.0 Å². The minimum Gasteiger partial charge on any atom is -0.495 e. The summed E-state index contributed by atoms with van der Waals surface area (Å²) in [5.41, 5.74) is 1.63. The molecule has 0 aliphatic heterocycles. The third-order valence-electron chi connectivity index (χ3n) is 5.37. The van der Waals surface area contributed by atoms with Gasteiger partial charge >= 0.3 is 0 Å². The number of amides is 1. The molecule has 31 heavy (non-hydrogen) atoms. The van der Waals surface area contributed by atoms with Crippen molar-refractivity contribution in [2.75, 3.05) is 12.4 Å². The standard InChI is InChI=1S/C25H31N3O3/c1-6-7-10-15-28-24(30)19-12-9-8-11-18(19)22(27-28)23(29)26-20-16-17(25(2,3)4)13-14-21(20)31-5/h8-9,11-14,16H,6-7,10,15H2,1-5H3,(H,26,29). The number of carbonyl (C=O) groups is 1. The Bertz CT molecular complexity index is 1140. The van der Waals surface area contributed by atoms with Gasteiger partial charge in [0.15, 0.2) is 5.69 Å². The zero-order valence-electron chi connectivity index (χ0n) is 19.0. The fraction of sp³-hybridized carbons (Fsp3) is 0.400. The Kier molecular flexibility index (Phi) is 6.78. The molecule has 3 aromatic rings. The molecule has 0 saturated heterocycles. The van der Waals surface area contributed by atoms with E-state index in [1.807, 2.05) is 24.3 Å². The van der Waals surface area contributed by atoms with Crippen LogP contribution in [0.4, 0.5) is 5.69 Å². The van der Waals surface area contributed by atoms with Gasteiger partial charge in [-0.2, -0.15) is 5.10 Å². The number of unbranched alkanes of at least 4 members (excludes halogenated alkanes) is 2. The van der Waals surface area contributed by atoms with Gasteiger partial charge in [0.1, 0.15) is 5.75 Å². The molecule has 0 spiro atoms. The number of carbonyl (C=O) groups excluding carboxylic acids is 1. The molecule has 0 radical (unpaired) electrons. The molecule has 0 aliphatic rings. The van der Waals surface area contributed by atoms with Crippen LogP contribution in [0.25, 0.3) is 10.8 Å². The van der Waals surface area contributed by atoms with Gasteiger partial charge in [0.25, 0.3) is 11.5 Å². The van der Waals surface area contributed by atoms with Crippen molar-refractivity contribution in [3.8, 4) is 5.75 Å². The monoisotopic (exact) mass is 421 g/mol. The van der Waals surface area contributed by atoms with E-state index in [9.17, 15) is 9.59 Å². The summed E-state index contributed by atoms with van der Waals surface area (Å²) in [4.78, 5) is 26.2. The van der Waals surface area contributed by atoms with Crippen molar-refractivity contribution in [3.63, 3.8) is 0 Å². The number of fused-ring (bicyclic) bond motifs is 1. The maximum atomic E-state index is 13.3. The van der Waals surface area contributed by atoms with Crippen LogP contribution in [0.5, 0.6) is 5.75 Å². The van der Waals surface area contributed by atoms with E-state index < -0.39 is 0 Å². The number of anilines is 1. The first-order valence-electron chi connectivity index (χ1n) is 10.8. The fourth-order valence-electron chi connectivity index (χ4n) is 3.52. The number of hydrogen-bond donors (Lipinski definition) is 1. The van der Waals surface area contributed by atoms with Gasteiger partial charge in [-0.25, -0.2) is 4.68 Å². The van der Waals surface area contributed by atoms with Gasteiger partial charge in [0.2, 0.25) is 0 Å². The topological polar surface area (TPSA) is 73.2 Å². The van der Waals surface area contributed by atoms with E-state index in [4.69, 9.17) is 4.74 Å². The Labute approximate surface area is 183 Å². The van der Waals surface area contributed by atoms with Crippen molar-refractivity contribution in [1.29, 1.82) is 0 Å². The second kappa shape index (κ2) is 9.33. The molecule has 2 aromatic carbocycles. The number of benzene rings is 2. The van der Waals surface area contributed by atoms with Gasteiger partial charge in [-0.3, -0.25) is 9.59 Å². The predicted molar refractivity (Wildman–Crippen MR) is 125 cm³/mol. The molecule has 1 N–H and O–H groups in total. The number of nitrogens with zero attached hydrogens (tertiary/aromatic N) is 2. The first-order chi connectivity index (χ1) is 14.8. The Morgan fingerprint density at radius 1 is 1.10 bits per heavy atom. The fourth-order valence-corrected chi connectivity index (χ4v) is 3.52. The SMILES string of the molecule is CCCCCn1nc(C(=O)Nc2cc(C(C)(C)C)ccc2OC)c2ccccc2c1=O. The third-order valence-corrected chi connectivity index (χ3v) is 5.37. The lowest BCUT2D eigenvalue weighted by molar-refractivity contribution is 0.102. The molecule has 0 unspecified atom stereocenters. The van der Waals surface area contributed by atoms with Crippen molar-refractivity contribution in [2.24, 2.45) is 0 Å². The molecule has 0 aliphatic carbocycles. The molecule has 0 bridgehead atoms. The van der Waals surface area contributed by atoms with Gasteiger partial charge < -0.3 is 10.1 Å². The zero-order valence-corrected chi connectivity index (χ0v) is 19.0. The van der Waals surface area contributed by atoms with E-state index in [-0.39, 0.29) is 22.6 Å². The van der Waals surface area contributed by atoms with Crippen LogP contribution in [0.2, 0.25) is 0 Å². The smallest absolute Gasteiger partial charge is 0.276 e. The molecule has 6 heteroatoms. The van der Waals surface area contributed by atoms with E-state index in [2.05, 4.69) is 38.1 Å². The molecular formula is C25H31N3O3. The van der Waals surface area contributed by atoms with Crippen molar-refractivity contribution < 1.29 is 9.53 Å². The van der Waals surface area contributed by atoms with Crippen molar-refractivity contribution >= 4 is 22.4 Å². The first-order valence-corrected chi connectivity index (χ1v) is 10.8. The molecular weight excluding hydrogens is 390 g/mol. The maximum Gasteiger partial charge on any atom is 0.276 e. The predicted octanol–water partition coefficient (Wildman–Crippen LogP) is 5.15. The van der Waals surface area contributed by atoms with Crippen molar-refractivity contribution in [1.82, 2.24) is 9.78 Å². The summed E-state index contributed by atoms with van der Waals surface area (Å²) >= 11 is 0. The van der Waals surface area contributed by atoms with E-state index in [1.165, 1.54) is 4.68 Å². The van der Waals surface area contributed by atoms with Crippen LogP contribution in [0.15, 0.2) is 47.3 Å². The lowest BCUT2D eigenvalue weighted by Crippen LogP contribution is -2.28. The first kappa shape index (κ1) is 22.5. The number of aryl methyl sites for hydroxylation is 1. The second-order valence-corrected chi connectivity index (χ2v) is 8.75. The highest BCUT2D eigenvalue weighted by atomic mass is 16.5. The minimum atomic E-state index is -0.371. The van der Waals surface area contributed by atoms with Crippen LogP contribution >= 0.6 is 0 Å². The van der Waals surface area contributed by atoms with Crippen molar-refractivity contribution in [3.05, 3.63) is 64.1 Å². The number of nitrogens with one attached hydrogen (secondary N) is 1. The minimum absolute atomic E-state index is 0.0802. The highest BCUT2D eigenvalue weighted by Crippen LogP contribution is 2.32. The summed E-state index contributed by atoms with van der Waals surface area (Å²) < 4.78 is 6.87. The lowest BCUT2D eigenvalue weighted by Gasteiger charge is -2.21.